The number of nitrogens with one attached hydrogen (secondary N) is 2. The number of hydrogen-bond acceptors (Lipinski definition) is 4. The van der Waals surface area contributed by atoms with Crippen LogP contribution in [0.3, 0.4) is 0 Å². The summed E-state index contributed by atoms with van der Waals surface area (Å²) in [5.74, 6) is -0.337. The van der Waals surface area contributed by atoms with Crippen LogP contribution in [0.5, 0.6) is 0 Å². The van der Waals surface area contributed by atoms with Crippen molar-refractivity contribution in [2.45, 2.75) is 19.4 Å². The van der Waals surface area contributed by atoms with Crippen LogP contribution in [0.1, 0.15) is 13.3 Å². The Kier molecular flexibility index (Phi) is 7.94. The monoisotopic (exact) mass is 234 g/mol. The first-order valence-corrected chi connectivity index (χ1v) is 5.13. The normalized spacial score (nSPS) is 11.7. The van der Waals surface area contributed by atoms with Gasteiger partial charge in [-0.3, -0.25) is 0 Å². The van der Waals surface area contributed by atoms with Gasteiger partial charge in [-0.2, -0.15) is 0 Å². The van der Waals surface area contributed by atoms with Crippen LogP contribution in [-0.4, -0.2) is 44.5 Å². The highest BCUT2D eigenvalue weighted by atomic mass is 32.1. The molecule has 5 nitrogen and oxygen atoms in total. The summed E-state index contributed by atoms with van der Waals surface area (Å²) in [5, 5.41) is 6.22. The Morgan fingerprint density at radius 2 is 2.13 bits per heavy atom. The molecule has 88 valence electrons. The summed E-state index contributed by atoms with van der Waals surface area (Å²) in [6, 6.07) is -0.433. The van der Waals surface area contributed by atoms with Crippen molar-refractivity contribution in [1.29, 1.82) is 0 Å². The van der Waals surface area contributed by atoms with Crippen LogP contribution >= 0.6 is 12.2 Å². The minimum Gasteiger partial charge on any atom is -0.467 e. The fraction of sp³-hybridized carbons (Fsp3) is 0.778. The van der Waals surface area contributed by atoms with E-state index in [0.29, 0.717) is 18.3 Å². The fourth-order valence-electron chi connectivity index (χ4n) is 0.902. The standard InChI is InChI=1S/C9H18N2O3S/c1-7(8(12)14-3)11-9(15)10-5-4-6-13-2/h7H,4-6H2,1-3H3,(H2,10,11,15). The Morgan fingerprint density at radius 1 is 1.47 bits per heavy atom. The molecule has 0 aromatic heterocycles. The van der Waals surface area contributed by atoms with E-state index in [1.165, 1.54) is 7.11 Å². The second-order valence-electron chi connectivity index (χ2n) is 2.99. The number of ether oxygens (including phenoxy) is 2. The molecule has 2 N–H and O–H groups in total. The Morgan fingerprint density at radius 3 is 2.67 bits per heavy atom. The first kappa shape index (κ1) is 14.1. The van der Waals surface area contributed by atoms with Crippen molar-refractivity contribution in [2.75, 3.05) is 27.4 Å². The molecular weight excluding hydrogens is 216 g/mol. The van der Waals surface area contributed by atoms with Crippen LogP contribution < -0.4 is 10.6 Å². The maximum Gasteiger partial charge on any atom is 0.328 e. The van der Waals surface area contributed by atoms with E-state index in [-0.39, 0.29) is 5.97 Å². The molecule has 0 saturated carbocycles. The molecule has 0 rings (SSSR count). The molecule has 0 bridgehead atoms. The van der Waals surface area contributed by atoms with E-state index < -0.39 is 6.04 Å². The highest BCUT2D eigenvalue weighted by Gasteiger charge is 2.12. The lowest BCUT2D eigenvalue weighted by Crippen LogP contribution is -2.44. The van der Waals surface area contributed by atoms with E-state index in [9.17, 15) is 4.79 Å². The second kappa shape index (κ2) is 8.43. The molecule has 0 fully saturated rings. The van der Waals surface area contributed by atoms with Crippen LogP contribution in [0, 0.1) is 0 Å². The van der Waals surface area contributed by atoms with E-state index in [1.54, 1.807) is 14.0 Å². The Hall–Kier alpha value is -0.880. The van der Waals surface area contributed by atoms with Gasteiger partial charge in [0, 0.05) is 20.3 Å². The molecule has 0 aliphatic carbocycles. The number of esters is 1. The smallest absolute Gasteiger partial charge is 0.328 e. The lowest BCUT2D eigenvalue weighted by molar-refractivity contribution is -0.142. The molecule has 0 saturated heterocycles. The maximum atomic E-state index is 11.0. The summed E-state index contributed by atoms with van der Waals surface area (Å²) >= 11 is 4.98. The van der Waals surface area contributed by atoms with Crippen molar-refractivity contribution < 1.29 is 14.3 Å². The molecule has 0 aliphatic rings. The van der Waals surface area contributed by atoms with Gasteiger partial charge < -0.3 is 20.1 Å². The van der Waals surface area contributed by atoms with Gasteiger partial charge >= 0.3 is 5.97 Å². The average molecular weight is 234 g/mol. The van der Waals surface area contributed by atoms with Crippen molar-refractivity contribution in [3.05, 3.63) is 0 Å². The van der Waals surface area contributed by atoms with Gasteiger partial charge in [0.15, 0.2) is 5.11 Å². The molecule has 0 spiro atoms. The van der Waals surface area contributed by atoms with E-state index in [2.05, 4.69) is 15.4 Å². The number of rotatable bonds is 6. The summed E-state index contributed by atoms with van der Waals surface area (Å²) < 4.78 is 9.43. The average Bonchev–Trinajstić information content (AvgIpc) is 2.23. The molecule has 0 aliphatic heterocycles. The number of carbonyl (C=O) groups is 1. The first-order valence-electron chi connectivity index (χ1n) is 4.73. The summed E-state index contributed by atoms with van der Waals surface area (Å²) in [6.45, 7) is 3.09. The molecule has 15 heavy (non-hydrogen) atoms. The zero-order valence-corrected chi connectivity index (χ0v) is 10.1. The van der Waals surface area contributed by atoms with Crippen molar-refractivity contribution >= 4 is 23.3 Å². The van der Waals surface area contributed by atoms with Crippen molar-refractivity contribution in [3.8, 4) is 0 Å². The van der Waals surface area contributed by atoms with E-state index in [4.69, 9.17) is 17.0 Å². The Bertz CT molecular complexity index is 212. The highest BCUT2D eigenvalue weighted by Crippen LogP contribution is 1.86. The van der Waals surface area contributed by atoms with Gasteiger partial charge in [-0.25, -0.2) is 4.79 Å². The zero-order valence-electron chi connectivity index (χ0n) is 9.33. The topological polar surface area (TPSA) is 59.6 Å². The minimum atomic E-state index is -0.433. The molecule has 0 radical (unpaired) electrons. The van der Waals surface area contributed by atoms with Crippen molar-refractivity contribution in [2.24, 2.45) is 0 Å². The number of thiocarbonyl (C=S) groups is 1. The van der Waals surface area contributed by atoms with Crippen LogP contribution in [0.2, 0.25) is 0 Å². The molecule has 0 heterocycles. The zero-order chi connectivity index (χ0) is 11.7. The molecule has 1 atom stereocenters. The lowest BCUT2D eigenvalue weighted by atomic mass is 10.3. The van der Waals surface area contributed by atoms with Gasteiger partial charge in [0.25, 0.3) is 0 Å². The van der Waals surface area contributed by atoms with Crippen LogP contribution in [0.15, 0.2) is 0 Å². The summed E-state index contributed by atoms with van der Waals surface area (Å²) in [5.41, 5.74) is 0. The Labute approximate surface area is 95.5 Å². The van der Waals surface area contributed by atoms with Crippen LogP contribution in [0.4, 0.5) is 0 Å². The number of methoxy groups -OCH3 is 2. The van der Waals surface area contributed by atoms with Gasteiger partial charge in [0.2, 0.25) is 0 Å². The summed E-state index contributed by atoms with van der Waals surface area (Å²) in [6.07, 6.45) is 0.866. The molecule has 6 heteroatoms. The van der Waals surface area contributed by atoms with Crippen molar-refractivity contribution in [1.82, 2.24) is 10.6 Å². The van der Waals surface area contributed by atoms with Gasteiger partial charge in [0.1, 0.15) is 6.04 Å². The fourth-order valence-corrected chi connectivity index (χ4v) is 1.18. The van der Waals surface area contributed by atoms with Gasteiger partial charge in [-0.05, 0) is 25.6 Å². The summed E-state index contributed by atoms with van der Waals surface area (Å²) in [4.78, 5) is 11.0. The van der Waals surface area contributed by atoms with Crippen LogP contribution in [0.25, 0.3) is 0 Å². The second-order valence-corrected chi connectivity index (χ2v) is 3.40. The lowest BCUT2D eigenvalue weighted by Gasteiger charge is -2.14. The highest BCUT2D eigenvalue weighted by molar-refractivity contribution is 7.80. The number of hydrogen-bond donors (Lipinski definition) is 2. The number of carbonyl (C=O) groups excluding carboxylic acids is 1. The van der Waals surface area contributed by atoms with E-state index in [0.717, 1.165) is 6.42 Å². The van der Waals surface area contributed by atoms with E-state index in [1.807, 2.05) is 0 Å². The van der Waals surface area contributed by atoms with Gasteiger partial charge in [0.05, 0.1) is 7.11 Å². The Balaban J connectivity index is 3.60. The van der Waals surface area contributed by atoms with Crippen molar-refractivity contribution in [3.63, 3.8) is 0 Å². The third-order valence-corrected chi connectivity index (χ3v) is 1.98. The maximum absolute atomic E-state index is 11.0. The first-order chi connectivity index (χ1) is 7.11. The SMILES string of the molecule is COCCCNC(=S)NC(C)C(=O)OC. The predicted molar refractivity (Wildman–Crippen MR) is 61.7 cm³/mol. The quantitative estimate of drug-likeness (QED) is 0.385. The molecule has 0 aromatic rings. The molecule has 0 amide bonds. The molecule has 1 unspecified atom stereocenters. The third-order valence-electron chi connectivity index (χ3n) is 1.71. The molecular formula is C9H18N2O3S. The summed E-state index contributed by atoms with van der Waals surface area (Å²) in [7, 11) is 2.99. The largest absolute Gasteiger partial charge is 0.467 e. The third kappa shape index (κ3) is 7.10. The van der Waals surface area contributed by atoms with E-state index >= 15 is 0 Å². The van der Waals surface area contributed by atoms with Gasteiger partial charge in [-0.15, -0.1) is 0 Å². The minimum absolute atomic E-state index is 0.337. The van der Waals surface area contributed by atoms with Crippen LogP contribution in [-0.2, 0) is 14.3 Å². The molecule has 0 aromatic carbocycles. The van der Waals surface area contributed by atoms with Gasteiger partial charge in [-0.1, -0.05) is 0 Å². The predicted octanol–water partition coefficient (Wildman–Crippen LogP) is 0.0485.